The molecule has 0 amide bonds. The van der Waals surface area contributed by atoms with E-state index in [0.29, 0.717) is 4.47 Å². The zero-order chi connectivity index (χ0) is 13.8. The first-order chi connectivity index (χ1) is 8.34. The van der Waals surface area contributed by atoms with Crippen molar-refractivity contribution < 1.29 is 17.9 Å². The molecule has 0 fully saturated rings. The van der Waals surface area contributed by atoms with Gasteiger partial charge in [-0.3, -0.25) is 9.52 Å². The maximum absolute atomic E-state index is 11.7. The molecule has 6 nitrogen and oxygen atoms in total. The smallest absolute Gasteiger partial charge is 0.306 e. The van der Waals surface area contributed by atoms with E-state index < -0.39 is 16.0 Å². The highest BCUT2D eigenvalue weighted by Crippen LogP contribution is 2.24. The zero-order valence-corrected chi connectivity index (χ0v) is 12.5. The van der Waals surface area contributed by atoms with Gasteiger partial charge in [0.1, 0.15) is 0 Å². The summed E-state index contributed by atoms with van der Waals surface area (Å²) in [7, 11) is -2.48. The van der Waals surface area contributed by atoms with E-state index in [4.69, 9.17) is 11.6 Å². The molecule has 0 unspecified atom stereocenters. The van der Waals surface area contributed by atoms with Crippen LogP contribution in [0.4, 0.5) is 5.69 Å². The maximum atomic E-state index is 11.7. The predicted octanol–water partition coefficient (Wildman–Crippen LogP) is 1.80. The summed E-state index contributed by atoms with van der Waals surface area (Å²) in [6.45, 7) is 0. The minimum Gasteiger partial charge on any atom is -0.469 e. The molecule has 100 valence electrons. The highest BCUT2D eigenvalue weighted by atomic mass is 79.9. The van der Waals surface area contributed by atoms with Crippen LogP contribution in [-0.2, 0) is 19.6 Å². The van der Waals surface area contributed by atoms with E-state index in [1.807, 2.05) is 0 Å². The normalized spacial score (nSPS) is 11.1. The van der Waals surface area contributed by atoms with Crippen LogP contribution in [0.3, 0.4) is 0 Å². The number of methoxy groups -OCH3 is 1. The highest BCUT2D eigenvalue weighted by Gasteiger charge is 2.15. The van der Waals surface area contributed by atoms with Crippen LogP contribution in [-0.4, -0.2) is 32.2 Å². The molecule has 0 radical (unpaired) electrons. The van der Waals surface area contributed by atoms with Gasteiger partial charge in [-0.05, 0) is 22.0 Å². The van der Waals surface area contributed by atoms with Crippen LogP contribution in [0, 0.1) is 0 Å². The van der Waals surface area contributed by atoms with Crippen molar-refractivity contribution in [2.45, 2.75) is 6.42 Å². The highest BCUT2D eigenvalue weighted by molar-refractivity contribution is 9.10. The van der Waals surface area contributed by atoms with E-state index in [1.54, 1.807) is 0 Å². The van der Waals surface area contributed by atoms with Crippen molar-refractivity contribution in [2.24, 2.45) is 0 Å². The number of ether oxygens (including phenoxy) is 1. The van der Waals surface area contributed by atoms with Crippen LogP contribution in [0.5, 0.6) is 0 Å². The molecule has 0 aliphatic rings. The minimum absolute atomic E-state index is 0.0276. The summed E-state index contributed by atoms with van der Waals surface area (Å²) in [4.78, 5) is 14.6. The fourth-order valence-electron chi connectivity index (χ4n) is 1.03. The number of halogens is 2. The molecule has 0 saturated carbocycles. The molecule has 1 rings (SSSR count). The molecule has 0 spiro atoms. The molecule has 0 aliphatic heterocycles. The number of anilines is 1. The largest absolute Gasteiger partial charge is 0.469 e. The lowest BCUT2D eigenvalue weighted by atomic mass is 10.4. The van der Waals surface area contributed by atoms with Gasteiger partial charge in [0.25, 0.3) is 0 Å². The van der Waals surface area contributed by atoms with Gasteiger partial charge in [0, 0.05) is 10.7 Å². The van der Waals surface area contributed by atoms with E-state index >= 15 is 0 Å². The molecule has 1 aromatic rings. The summed E-state index contributed by atoms with van der Waals surface area (Å²) in [5, 5.41) is 0.0276. The molecule has 1 heterocycles. The molecular formula is C9H10BrClN2O4S. The lowest BCUT2D eigenvalue weighted by Crippen LogP contribution is -2.19. The second-order valence-electron chi connectivity index (χ2n) is 3.24. The van der Waals surface area contributed by atoms with Crippen LogP contribution in [0.25, 0.3) is 0 Å². The molecule has 0 aliphatic carbocycles. The van der Waals surface area contributed by atoms with Gasteiger partial charge in [0.15, 0.2) is 5.15 Å². The number of hydrogen-bond donors (Lipinski definition) is 1. The topological polar surface area (TPSA) is 85.4 Å². The van der Waals surface area contributed by atoms with Gasteiger partial charge in [-0.15, -0.1) is 0 Å². The molecule has 9 heteroatoms. The average Bonchev–Trinajstić information content (AvgIpc) is 2.30. The number of nitrogens with zero attached hydrogens (tertiary/aromatic N) is 1. The number of carbonyl (C=O) groups is 1. The molecule has 0 saturated heterocycles. The Balaban J connectivity index is 2.76. The third kappa shape index (κ3) is 4.79. The number of hydrogen-bond acceptors (Lipinski definition) is 5. The summed E-state index contributed by atoms with van der Waals surface area (Å²) in [6, 6.07) is 1.48. The van der Waals surface area contributed by atoms with E-state index in [1.165, 1.54) is 19.4 Å². The second kappa shape index (κ2) is 6.35. The predicted molar refractivity (Wildman–Crippen MR) is 71.0 cm³/mol. The van der Waals surface area contributed by atoms with Crippen LogP contribution in [0.2, 0.25) is 5.15 Å². The Morgan fingerprint density at radius 2 is 2.28 bits per heavy atom. The number of rotatable bonds is 5. The second-order valence-corrected chi connectivity index (χ2v) is 6.35. The standard InChI is InChI=1S/C9H10BrClN2O4S/c1-17-8(14)2-3-18(15,16)13-7-4-6(10)5-12-9(7)11/h4-5,13H,2-3H2,1H3. The summed E-state index contributed by atoms with van der Waals surface area (Å²) >= 11 is 8.89. The number of sulfonamides is 1. The molecule has 0 aromatic carbocycles. The van der Waals surface area contributed by atoms with Gasteiger partial charge in [-0.2, -0.15) is 0 Å². The third-order valence-electron chi connectivity index (χ3n) is 1.87. The van der Waals surface area contributed by atoms with E-state index in [0.717, 1.165) is 0 Å². The van der Waals surface area contributed by atoms with Crippen LogP contribution in [0.1, 0.15) is 6.42 Å². The molecule has 1 N–H and O–H groups in total. The van der Waals surface area contributed by atoms with Gasteiger partial charge in [0.2, 0.25) is 10.0 Å². The first kappa shape index (κ1) is 15.2. The summed E-state index contributed by atoms with van der Waals surface area (Å²) in [6.07, 6.45) is 1.21. The number of pyridine rings is 1. The SMILES string of the molecule is COC(=O)CCS(=O)(=O)Nc1cc(Br)cnc1Cl. The number of carbonyl (C=O) groups excluding carboxylic acids is 1. The zero-order valence-electron chi connectivity index (χ0n) is 9.31. The van der Waals surface area contributed by atoms with Crippen molar-refractivity contribution in [1.29, 1.82) is 0 Å². The van der Waals surface area contributed by atoms with E-state index in [-0.39, 0.29) is 23.0 Å². The lowest BCUT2D eigenvalue weighted by molar-refractivity contribution is -0.140. The van der Waals surface area contributed by atoms with Crippen molar-refractivity contribution in [3.63, 3.8) is 0 Å². The Bertz CT molecular complexity index is 549. The van der Waals surface area contributed by atoms with Gasteiger partial charge in [0.05, 0.1) is 25.0 Å². The van der Waals surface area contributed by atoms with Crippen LogP contribution in [0.15, 0.2) is 16.7 Å². The van der Waals surface area contributed by atoms with Crippen LogP contribution < -0.4 is 4.72 Å². The average molecular weight is 358 g/mol. The first-order valence-electron chi connectivity index (χ1n) is 4.72. The first-order valence-corrected chi connectivity index (χ1v) is 7.55. The van der Waals surface area contributed by atoms with Crippen molar-refractivity contribution in [1.82, 2.24) is 4.98 Å². The summed E-state index contributed by atoms with van der Waals surface area (Å²) < 4.78 is 30.5. The monoisotopic (exact) mass is 356 g/mol. The number of nitrogens with one attached hydrogen (secondary N) is 1. The number of aromatic nitrogens is 1. The molecule has 18 heavy (non-hydrogen) atoms. The quantitative estimate of drug-likeness (QED) is 0.641. The van der Waals surface area contributed by atoms with Gasteiger partial charge < -0.3 is 4.74 Å². The Hall–Kier alpha value is -0.860. The third-order valence-corrected chi connectivity index (χ3v) is 3.88. The Morgan fingerprint density at radius 1 is 1.61 bits per heavy atom. The molecular weight excluding hydrogens is 348 g/mol. The summed E-state index contributed by atoms with van der Waals surface area (Å²) in [5.41, 5.74) is 0.149. The van der Waals surface area contributed by atoms with Crippen molar-refractivity contribution >= 4 is 49.2 Å². The fourth-order valence-corrected chi connectivity index (χ4v) is 2.60. The van der Waals surface area contributed by atoms with Crippen molar-refractivity contribution in [2.75, 3.05) is 17.6 Å². The van der Waals surface area contributed by atoms with Gasteiger partial charge in [-0.25, -0.2) is 13.4 Å². The summed E-state index contributed by atoms with van der Waals surface area (Å²) in [5.74, 6) is -0.985. The van der Waals surface area contributed by atoms with Crippen LogP contribution >= 0.6 is 27.5 Å². The van der Waals surface area contributed by atoms with Gasteiger partial charge in [-0.1, -0.05) is 11.6 Å². The van der Waals surface area contributed by atoms with E-state index in [2.05, 4.69) is 30.4 Å². The minimum atomic E-state index is -3.68. The Kier molecular flexibility index (Phi) is 5.36. The maximum Gasteiger partial charge on any atom is 0.306 e. The molecule has 1 aromatic heterocycles. The van der Waals surface area contributed by atoms with Crippen molar-refractivity contribution in [3.8, 4) is 0 Å². The number of esters is 1. The van der Waals surface area contributed by atoms with Crippen molar-refractivity contribution in [3.05, 3.63) is 21.9 Å². The Morgan fingerprint density at radius 3 is 2.89 bits per heavy atom. The molecule has 0 bridgehead atoms. The fraction of sp³-hybridized carbons (Fsp3) is 0.333. The lowest BCUT2D eigenvalue weighted by Gasteiger charge is -2.08. The van der Waals surface area contributed by atoms with E-state index in [9.17, 15) is 13.2 Å². The molecule has 0 atom stereocenters. The van der Waals surface area contributed by atoms with Gasteiger partial charge >= 0.3 is 5.97 Å². The Labute approximate surface area is 118 Å².